The second-order valence-corrected chi connectivity index (χ2v) is 7.23. The number of fused-ring (bicyclic) bond motifs is 1. The molecule has 28 heavy (non-hydrogen) atoms. The minimum Gasteiger partial charge on any atom is -0.322 e. The molecule has 142 valence electrons. The van der Waals surface area contributed by atoms with Gasteiger partial charge < -0.3 is 5.32 Å². The fraction of sp³-hybridized carbons (Fsp3) is 0.227. The van der Waals surface area contributed by atoms with Crippen molar-refractivity contribution in [3.8, 4) is 0 Å². The fourth-order valence-electron chi connectivity index (χ4n) is 3.81. The van der Waals surface area contributed by atoms with Gasteiger partial charge in [0.1, 0.15) is 5.82 Å². The van der Waals surface area contributed by atoms with Crippen LogP contribution in [0.5, 0.6) is 0 Å². The van der Waals surface area contributed by atoms with Crippen LogP contribution in [-0.2, 0) is 9.59 Å². The second kappa shape index (κ2) is 7.03. The maximum atomic E-state index is 13.0. The molecule has 2 aromatic rings. The van der Waals surface area contributed by atoms with Crippen molar-refractivity contribution in [1.29, 1.82) is 0 Å². The molecule has 2 atom stereocenters. The summed E-state index contributed by atoms with van der Waals surface area (Å²) in [4.78, 5) is 39.4. The van der Waals surface area contributed by atoms with Gasteiger partial charge in [0.25, 0.3) is 5.91 Å². The summed E-state index contributed by atoms with van der Waals surface area (Å²) in [5.41, 5.74) is 2.29. The molecule has 1 heterocycles. The largest absolute Gasteiger partial charge is 0.322 e. The standard InChI is InChI=1S/C22H19FN2O3/c1-13-5-10-18-19(11-13)22(28)25(21(18)27)17-4-2-3-14(12-17)20(26)24-16-8-6-15(23)7-9-16/h2-9,12,18-19H,10-11H2,1H3,(H,24,26)/t18-,19+/m1/s1. The zero-order valence-corrected chi connectivity index (χ0v) is 15.3. The van der Waals surface area contributed by atoms with Crippen molar-refractivity contribution in [2.45, 2.75) is 19.8 Å². The number of halogens is 1. The van der Waals surface area contributed by atoms with Crippen LogP contribution in [0.25, 0.3) is 0 Å². The van der Waals surface area contributed by atoms with Crippen LogP contribution in [0.3, 0.4) is 0 Å². The van der Waals surface area contributed by atoms with Gasteiger partial charge in [-0.15, -0.1) is 0 Å². The van der Waals surface area contributed by atoms with E-state index in [0.717, 1.165) is 5.57 Å². The third-order valence-electron chi connectivity index (χ3n) is 5.29. The number of hydrogen-bond acceptors (Lipinski definition) is 3. The van der Waals surface area contributed by atoms with E-state index in [9.17, 15) is 18.8 Å². The average molecular weight is 378 g/mol. The highest BCUT2D eigenvalue weighted by Gasteiger charge is 2.48. The summed E-state index contributed by atoms with van der Waals surface area (Å²) in [6.45, 7) is 1.97. The van der Waals surface area contributed by atoms with Gasteiger partial charge in [-0.2, -0.15) is 0 Å². The highest BCUT2D eigenvalue weighted by Crippen LogP contribution is 2.39. The SMILES string of the molecule is CC1=CC[C@H]2C(=O)N(c3cccc(C(=O)Nc4ccc(F)cc4)c3)C(=O)[C@H]2C1. The van der Waals surface area contributed by atoms with E-state index in [4.69, 9.17) is 0 Å². The lowest BCUT2D eigenvalue weighted by Gasteiger charge is -2.18. The molecule has 6 heteroatoms. The van der Waals surface area contributed by atoms with Crippen LogP contribution >= 0.6 is 0 Å². The fourth-order valence-corrected chi connectivity index (χ4v) is 3.81. The van der Waals surface area contributed by atoms with Crippen LogP contribution in [0.15, 0.2) is 60.2 Å². The number of nitrogens with zero attached hydrogens (tertiary/aromatic N) is 1. The second-order valence-electron chi connectivity index (χ2n) is 7.23. The Morgan fingerprint density at radius 1 is 1.07 bits per heavy atom. The molecule has 1 aliphatic heterocycles. The van der Waals surface area contributed by atoms with Crippen molar-refractivity contribution < 1.29 is 18.8 Å². The van der Waals surface area contributed by atoms with Gasteiger partial charge in [0.05, 0.1) is 17.5 Å². The Hall–Kier alpha value is -3.28. The van der Waals surface area contributed by atoms with Crippen LogP contribution in [0, 0.1) is 17.7 Å². The summed E-state index contributed by atoms with van der Waals surface area (Å²) in [5.74, 6) is -1.87. The van der Waals surface area contributed by atoms with Crippen LogP contribution in [0.4, 0.5) is 15.8 Å². The summed E-state index contributed by atoms with van der Waals surface area (Å²) in [5, 5.41) is 2.68. The number of rotatable bonds is 3. The molecule has 4 rings (SSSR count). The van der Waals surface area contributed by atoms with E-state index in [2.05, 4.69) is 5.32 Å². The summed E-state index contributed by atoms with van der Waals surface area (Å²) >= 11 is 0. The van der Waals surface area contributed by atoms with Crippen molar-refractivity contribution in [3.63, 3.8) is 0 Å². The Bertz CT molecular complexity index is 997. The first-order valence-electron chi connectivity index (χ1n) is 9.14. The normalized spacial score (nSPS) is 21.4. The number of amides is 3. The van der Waals surface area contributed by atoms with Gasteiger partial charge >= 0.3 is 0 Å². The van der Waals surface area contributed by atoms with E-state index < -0.39 is 11.7 Å². The first-order chi connectivity index (χ1) is 13.4. The Labute approximate surface area is 161 Å². The number of nitrogens with one attached hydrogen (secondary N) is 1. The molecular formula is C22H19FN2O3. The van der Waals surface area contributed by atoms with E-state index in [-0.39, 0.29) is 23.7 Å². The molecule has 5 nitrogen and oxygen atoms in total. The number of carbonyl (C=O) groups excluding carboxylic acids is 3. The number of hydrogen-bond donors (Lipinski definition) is 1. The van der Waals surface area contributed by atoms with Crippen LogP contribution < -0.4 is 10.2 Å². The number of allylic oxidation sites excluding steroid dienone is 2. The number of carbonyl (C=O) groups is 3. The van der Waals surface area contributed by atoms with Crippen LogP contribution in [-0.4, -0.2) is 17.7 Å². The predicted molar refractivity (Wildman–Crippen MR) is 103 cm³/mol. The Balaban J connectivity index is 1.57. The molecule has 3 amide bonds. The van der Waals surface area contributed by atoms with Gasteiger partial charge in [-0.25, -0.2) is 4.39 Å². The first kappa shape index (κ1) is 18.1. The Kier molecular flexibility index (Phi) is 4.55. The molecule has 0 aromatic heterocycles. The maximum absolute atomic E-state index is 13.0. The lowest BCUT2D eigenvalue weighted by molar-refractivity contribution is -0.122. The molecular weight excluding hydrogens is 359 g/mol. The smallest absolute Gasteiger partial charge is 0.255 e. The highest BCUT2D eigenvalue weighted by molar-refractivity contribution is 6.22. The van der Waals surface area contributed by atoms with Gasteiger partial charge in [-0.3, -0.25) is 19.3 Å². The van der Waals surface area contributed by atoms with E-state index in [0.29, 0.717) is 29.8 Å². The predicted octanol–water partition coefficient (Wildman–Crippen LogP) is 3.92. The van der Waals surface area contributed by atoms with Crippen molar-refractivity contribution in [2.24, 2.45) is 11.8 Å². The molecule has 2 aliphatic rings. The minimum atomic E-state index is -0.400. The molecule has 1 N–H and O–H groups in total. The summed E-state index contributed by atoms with van der Waals surface area (Å²) < 4.78 is 13.0. The molecule has 0 unspecified atom stereocenters. The van der Waals surface area contributed by atoms with E-state index >= 15 is 0 Å². The Morgan fingerprint density at radius 3 is 2.54 bits per heavy atom. The first-order valence-corrected chi connectivity index (χ1v) is 9.14. The molecule has 1 fully saturated rings. The van der Waals surface area contributed by atoms with Gasteiger partial charge in [-0.1, -0.05) is 17.7 Å². The van der Waals surface area contributed by atoms with Gasteiger partial charge in [-0.05, 0) is 62.2 Å². The van der Waals surface area contributed by atoms with E-state index in [1.165, 1.54) is 35.2 Å². The average Bonchev–Trinajstić information content (AvgIpc) is 2.93. The number of benzene rings is 2. The van der Waals surface area contributed by atoms with Gasteiger partial charge in [0.15, 0.2) is 0 Å². The lowest BCUT2D eigenvalue weighted by atomic mass is 9.82. The summed E-state index contributed by atoms with van der Waals surface area (Å²) in [6.07, 6.45) is 3.18. The van der Waals surface area contributed by atoms with Gasteiger partial charge in [0.2, 0.25) is 11.8 Å². The molecule has 1 saturated heterocycles. The van der Waals surface area contributed by atoms with E-state index in [1.807, 2.05) is 13.0 Å². The minimum absolute atomic E-state index is 0.210. The van der Waals surface area contributed by atoms with Crippen LogP contribution in [0.2, 0.25) is 0 Å². The van der Waals surface area contributed by atoms with Crippen molar-refractivity contribution in [3.05, 3.63) is 71.6 Å². The van der Waals surface area contributed by atoms with Crippen molar-refractivity contribution in [2.75, 3.05) is 10.2 Å². The zero-order valence-electron chi connectivity index (χ0n) is 15.3. The zero-order chi connectivity index (χ0) is 19.8. The molecule has 1 aliphatic carbocycles. The summed E-state index contributed by atoms with van der Waals surface area (Å²) in [6, 6.07) is 11.9. The highest BCUT2D eigenvalue weighted by atomic mass is 19.1. The Morgan fingerprint density at radius 2 is 1.79 bits per heavy atom. The number of imide groups is 1. The molecule has 0 spiro atoms. The van der Waals surface area contributed by atoms with E-state index in [1.54, 1.807) is 18.2 Å². The molecule has 2 aromatic carbocycles. The lowest BCUT2D eigenvalue weighted by Crippen LogP contribution is -2.31. The molecule has 0 saturated carbocycles. The van der Waals surface area contributed by atoms with Crippen LogP contribution in [0.1, 0.15) is 30.1 Å². The van der Waals surface area contributed by atoms with Gasteiger partial charge in [0, 0.05) is 11.3 Å². The third-order valence-corrected chi connectivity index (χ3v) is 5.29. The summed E-state index contributed by atoms with van der Waals surface area (Å²) in [7, 11) is 0. The third kappa shape index (κ3) is 3.22. The topological polar surface area (TPSA) is 66.5 Å². The number of anilines is 2. The maximum Gasteiger partial charge on any atom is 0.255 e. The van der Waals surface area contributed by atoms with Crippen molar-refractivity contribution in [1.82, 2.24) is 0 Å². The quantitative estimate of drug-likeness (QED) is 0.650. The molecule has 0 bridgehead atoms. The molecule has 0 radical (unpaired) electrons. The van der Waals surface area contributed by atoms with Crippen molar-refractivity contribution >= 4 is 29.1 Å². The monoisotopic (exact) mass is 378 g/mol.